The van der Waals surface area contributed by atoms with Crippen molar-refractivity contribution in [1.29, 1.82) is 0 Å². The number of thiol groups is 1. The molecule has 1 aromatic rings. The molecule has 0 bridgehead atoms. The van der Waals surface area contributed by atoms with Gasteiger partial charge in [-0.05, 0) is 0 Å². The van der Waals surface area contributed by atoms with Crippen LogP contribution in [0.15, 0.2) is 12.4 Å². The Hall–Kier alpha value is -0.680. The number of rotatable bonds is 2. The van der Waals surface area contributed by atoms with Gasteiger partial charge in [0.1, 0.15) is 22.3 Å². The molecule has 0 aliphatic rings. The highest BCUT2D eigenvalue weighted by Crippen LogP contribution is 2.02. The maximum atomic E-state index is 10.2. The SMILES string of the molecule is O=[SH](=O)Cc1ncc(Cl)cn1. The molecule has 0 saturated carbocycles. The van der Waals surface area contributed by atoms with E-state index in [-0.39, 0.29) is 11.6 Å². The van der Waals surface area contributed by atoms with E-state index in [2.05, 4.69) is 9.97 Å². The molecule has 0 fully saturated rings. The van der Waals surface area contributed by atoms with Crippen molar-refractivity contribution in [2.75, 3.05) is 0 Å². The van der Waals surface area contributed by atoms with Crippen LogP contribution < -0.4 is 0 Å². The molecule has 0 aromatic carbocycles. The van der Waals surface area contributed by atoms with E-state index in [9.17, 15) is 8.42 Å². The van der Waals surface area contributed by atoms with Crippen LogP contribution in [0.3, 0.4) is 0 Å². The monoisotopic (exact) mass is 192 g/mol. The zero-order valence-electron chi connectivity index (χ0n) is 5.40. The van der Waals surface area contributed by atoms with E-state index < -0.39 is 10.7 Å². The standard InChI is InChI=1S/C5H5ClN2O2S/c6-4-1-7-5(8-2-4)3-11(9)10/h1-2,11H,3H2. The summed E-state index contributed by atoms with van der Waals surface area (Å²) in [5.74, 6) is 0.137. The van der Waals surface area contributed by atoms with Gasteiger partial charge >= 0.3 is 0 Å². The van der Waals surface area contributed by atoms with Crippen molar-refractivity contribution in [3.63, 3.8) is 0 Å². The summed E-state index contributed by atoms with van der Waals surface area (Å²) in [7, 11) is -2.45. The lowest BCUT2D eigenvalue weighted by atomic mass is 10.6. The van der Waals surface area contributed by atoms with Crippen LogP contribution in [0.2, 0.25) is 5.02 Å². The highest BCUT2D eigenvalue weighted by molar-refractivity contribution is 7.71. The van der Waals surface area contributed by atoms with Crippen molar-refractivity contribution >= 4 is 22.3 Å². The molecular formula is C5H5ClN2O2S. The van der Waals surface area contributed by atoms with Crippen molar-refractivity contribution in [3.05, 3.63) is 23.2 Å². The molecule has 0 atom stereocenters. The van der Waals surface area contributed by atoms with E-state index in [1.54, 1.807) is 0 Å². The quantitative estimate of drug-likeness (QED) is 0.682. The average molecular weight is 193 g/mol. The Morgan fingerprint density at radius 3 is 2.36 bits per heavy atom. The number of hydrogen-bond donors (Lipinski definition) is 1. The number of nitrogens with zero attached hydrogens (tertiary/aromatic N) is 2. The number of hydrogen-bond acceptors (Lipinski definition) is 4. The highest BCUT2D eigenvalue weighted by atomic mass is 35.5. The van der Waals surface area contributed by atoms with E-state index in [0.29, 0.717) is 5.02 Å². The summed E-state index contributed by atoms with van der Waals surface area (Å²) >= 11 is 5.47. The second-order valence-electron chi connectivity index (χ2n) is 1.81. The summed E-state index contributed by atoms with van der Waals surface area (Å²) in [6.45, 7) is 0. The van der Waals surface area contributed by atoms with E-state index in [1.165, 1.54) is 12.4 Å². The summed E-state index contributed by atoms with van der Waals surface area (Å²) in [5, 5.41) is 0.398. The lowest BCUT2D eigenvalue weighted by molar-refractivity contribution is 0.612. The minimum absolute atomic E-state index is 0.132. The van der Waals surface area contributed by atoms with Gasteiger partial charge in [-0.3, -0.25) is 0 Å². The van der Waals surface area contributed by atoms with Crippen molar-refractivity contribution in [2.45, 2.75) is 5.75 Å². The third-order valence-corrected chi connectivity index (χ3v) is 1.68. The zero-order chi connectivity index (χ0) is 8.27. The van der Waals surface area contributed by atoms with E-state index in [1.807, 2.05) is 0 Å². The van der Waals surface area contributed by atoms with Crippen LogP contribution in [0.4, 0.5) is 0 Å². The molecule has 0 amide bonds. The molecule has 11 heavy (non-hydrogen) atoms. The van der Waals surface area contributed by atoms with Crippen molar-refractivity contribution in [1.82, 2.24) is 9.97 Å². The van der Waals surface area contributed by atoms with Gasteiger partial charge in [-0.2, -0.15) is 0 Å². The van der Waals surface area contributed by atoms with E-state index in [0.717, 1.165) is 0 Å². The Balaban J connectivity index is 2.82. The summed E-state index contributed by atoms with van der Waals surface area (Å²) in [6.07, 6.45) is 2.73. The Morgan fingerprint density at radius 2 is 1.91 bits per heavy atom. The first-order chi connectivity index (χ1) is 5.18. The maximum absolute atomic E-state index is 10.2. The first kappa shape index (κ1) is 8.42. The molecule has 1 aromatic heterocycles. The largest absolute Gasteiger partial charge is 0.239 e. The molecule has 0 spiro atoms. The molecule has 4 nitrogen and oxygen atoms in total. The second-order valence-corrected chi connectivity index (χ2v) is 3.23. The molecule has 1 heterocycles. The molecule has 1 rings (SSSR count). The van der Waals surface area contributed by atoms with Gasteiger partial charge in [0.25, 0.3) is 0 Å². The summed E-state index contributed by atoms with van der Waals surface area (Å²) in [4.78, 5) is 7.38. The van der Waals surface area contributed by atoms with Gasteiger partial charge in [-0.25, -0.2) is 18.4 Å². The van der Waals surface area contributed by atoms with Gasteiger partial charge in [-0.1, -0.05) is 11.6 Å². The molecule has 0 unspecified atom stereocenters. The van der Waals surface area contributed by atoms with Crippen LogP contribution in [-0.4, -0.2) is 18.4 Å². The third kappa shape index (κ3) is 2.81. The highest BCUT2D eigenvalue weighted by Gasteiger charge is 1.96. The van der Waals surface area contributed by atoms with Gasteiger partial charge in [0.2, 0.25) is 0 Å². The van der Waals surface area contributed by atoms with Gasteiger partial charge in [0.05, 0.1) is 5.02 Å². The van der Waals surface area contributed by atoms with E-state index >= 15 is 0 Å². The van der Waals surface area contributed by atoms with Crippen LogP contribution in [0.5, 0.6) is 0 Å². The summed E-state index contributed by atoms with van der Waals surface area (Å²) in [6, 6.07) is 0. The Bertz CT molecular complexity index is 301. The van der Waals surface area contributed by atoms with Crippen LogP contribution >= 0.6 is 11.6 Å². The fraction of sp³-hybridized carbons (Fsp3) is 0.200. The molecule has 0 radical (unpaired) electrons. The maximum Gasteiger partial charge on any atom is 0.147 e. The van der Waals surface area contributed by atoms with Gasteiger partial charge in [-0.15, -0.1) is 0 Å². The molecule has 6 heteroatoms. The first-order valence-corrected chi connectivity index (χ1v) is 4.51. The topological polar surface area (TPSA) is 59.9 Å². The van der Waals surface area contributed by atoms with Gasteiger partial charge in [0, 0.05) is 12.4 Å². The number of halogens is 1. The smallest absolute Gasteiger partial charge is 0.147 e. The molecule has 60 valence electrons. The molecular weight excluding hydrogens is 188 g/mol. The van der Waals surface area contributed by atoms with Gasteiger partial charge in [0.15, 0.2) is 0 Å². The van der Waals surface area contributed by atoms with Gasteiger partial charge < -0.3 is 0 Å². The summed E-state index contributed by atoms with van der Waals surface area (Å²) < 4.78 is 20.4. The van der Waals surface area contributed by atoms with Crippen LogP contribution in [-0.2, 0) is 16.5 Å². The Morgan fingerprint density at radius 1 is 1.36 bits per heavy atom. The second kappa shape index (κ2) is 3.64. The van der Waals surface area contributed by atoms with Crippen molar-refractivity contribution in [2.24, 2.45) is 0 Å². The first-order valence-electron chi connectivity index (χ1n) is 2.76. The average Bonchev–Trinajstić information content (AvgIpc) is 1.93. The third-order valence-electron chi connectivity index (χ3n) is 0.944. The fourth-order valence-corrected chi connectivity index (χ4v) is 1.03. The minimum atomic E-state index is -2.45. The normalized spacial score (nSPS) is 10.4. The summed E-state index contributed by atoms with van der Waals surface area (Å²) in [5.41, 5.74) is 0. The predicted octanol–water partition coefficient (Wildman–Crippen LogP) is 0.241. The van der Waals surface area contributed by atoms with E-state index in [4.69, 9.17) is 11.6 Å². The Labute approximate surface area is 70.2 Å². The van der Waals surface area contributed by atoms with Crippen LogP contribution in [0, 0.1) is 0 Å². The number of aromatic nitrogens is 2. The van der Waals surface area contributed by atoms with Crippen LogP contribution in [0.25, 0.3) is 0 Å². The fourth-order valence-electron chi connectivity index (χ4n) is 0.536. The van der Waals surface area contributed by atoms with Crippen molar-refractivity contribution < 1.29 is 8.42 Å². The molecule has 0 N–H and O–H groups in total. The minimum Gasteiger partial charge on any atom is -0.239 e. The zero-order valence-corrected chi connectivity index (χ0v) is 7.05. The predicted molar refractivity (Wildman–Crippen MR) is 41.1 cm³/mol. The van der Waals surface area contributed by atoms with Crippen LogP contribution in [0.1, 0.15) is 5.82 Å². The Kier molecular flexibility index (Phi) is 2.78. The van der Waals surface area contributed by atoms with Crippen molar-refractivity contribution in [3.8, 4) is 0 Å². The molecule has 0 aliphatic heterocycles. The molecule has 0 saturated heterocycles. The lowest BCUT2D eigenvalue weighted by Gasteiger charge is -1.91. The molecule has 0 aliphatic carbocycles. The lowest BCUT2D eigenvalue weighted by Crippen LogP contribution is -1.94.